The molecule has 0 bridgehead atoms. The summed E-state index contributed by atoms with van der Waals surface area (Å²) in [4.78, 5) is 17.5. The molecule has 5 rings (SSSR count). The highest BCUT2D eigenvalue weighted by Crippen LogP contribution is 2.41. The number of aromatic amines is 1. The molecule has 0 aliphatic carbocycles. The van der Waals surface area contributed by atoms with Crippen molar-refractivity contribution >= 4 is 27.3 Å². The van der Waals surface area contributed by atoms with E-state index in [-0.39, 0.29) is 11.7 Å². The van der Waals surface area contributed by atoms with E-state index in [0.29, 0.717) is 31.1 Å². The number of fused-ring (bicyclic) bond motifs is 2. The normalized spacial score (nSPS) is 13.8. The predicted octanol–water partition coefficient (Wildman–Crippen LogP) is 4.64. The van der Waals surface area contributed by atoms with E-state index in [2.05, 4.69) is 22.5 Å². The second-order valence-electron chi connectivity index (χ2n) is 6.79. The average Bonchev–Trinajstić information content (AvgIpc) is 3.33. The summed E-state index contributed by atoms with van der Waals surface area (Å²) in [5.41, 5.74) is 3.35. The van der Waals surface area contributed by atoms with Crippen molar-refractivity contribution in [2.45, 2.75) is 6.54 Å². The largest absolute Gasteiger partial charge is 0.504 e. The molecule has 1 amide bonds. The number of aromatic nitrogens is 1. The first-order valence-corrected chi connectivity index (χ1v) is 9.96. The van der Waals surface area contributed by atoms with Crippen LogP contribution in [-0.4, -0.2) is 34.0 Å². The smallest absolute Gasteiger partial charge is 0.270 e. The fourth-order valence-electron chi connectivity index (χ4n) is 3.66. The van der Waals surface area contributed by atoms with Gasteiger partial charge in [-0.1, -0.05) is 18.2 Å². The lowest BCUT2D eigenvalue weighted by Crippen LogP contribution is -2.32. The summed E-state index contributed by atoms with van der Waals surface area (Å²) in [5, 5.41) is 13.9. The number of H-pyrrole nitrogens is 1. The Morgan fingerprint density at radius 2 is 2.07 bits per heavy atom. The number of amides is 1. The molecule has 0 fully saturated rings. The van der Waals surface area contributed by atoms with E-state index >= 15 is 0 Å². The third-order valence-corrected chi connectivity index (χ3v) is 5.99. The highest BCUT2D eigenvalue weighted by atomic mass is 32.1. The number of benzene rings is 2. The first kappa shape index (κ1) is 16.9. The molecule has 2 N–H and O–H groups in total. The number of rotatable bonds is 2. The number of carbonyl (C=O) groups is 1. The minimum absolute atomic E-state index is 0.0766. The number of phenolic OH excluding ortho intramolecular Hbond substituents is 1. The van der Waals surface area contributed by atoms with Crippen LogP contribution < -0.4 is 4.74 Å². The van der Waals surface area contributed by atoms with Crippen molar-refractivity contribution in [1.29, 1.82) is 0 Å². The van der Waals surface area contributed by atoms with E-state index in [0.717, 1.165) is 22.1 Å². The number of carbonyl (C=O) groups excluding carboxylic acids is 1. The van der Waals surface area contributed by atoms with Gasteiger partial charge in [0.15, 0.2) is 11.5 Å². The molecular formula is C22H18N2O3S. The zero-order chi connectivity index (χ0) is 19.1. The Bertz CT molecular complexity index is 1160. The fraction of sp³-hybridized carbons (Fsp3) is 0.136. The van der Waals surface area contributed by atoms with Crippen LogP contribution in [0.2, 0.25) is 0 Å². The maximum atomic E-state index is 12.8. The molecule has 3 heterocycles. The first-order chi connectivity index (χ1) is 13.7. The van der Waals surface area contributed by atoms with E-state index in [1.54, 1.807) is 40.6 Å². The Kier molecular flexibility index (Phi) is 4.06. The molecule has 140 valence electrons. The van der Waals surface area contributed by atoms with Gasteiger partial charge in [0.05, 0.1) is 6.54 Å². The minimum Gasteiger partial charge on any atom is -0.504 e. The summed E-state index contributed by atoms with van der Waals surface area (Å²) in [6.07, 6.45) is 1.74. The Balaban J connectivity index is 1.56. The van der Waals surface area contributed by atoms with Gasteiger partial charge in [-0.05, 0) is 41.3 Å². The number of nitrogens with zero attached hydrogens (tertiary/aromatic N) is 1. The Morgan fingerprint density at radius 3 is 2.93 bits per heavy atom. The molecule has 5 nitrogen and oxygen atoms in total. The third-order valence-electron chi connectivity index (χ3n) is 5.02. The van der Waals surface area contributed by atoms with Gasteiger partial charge in [0.1, 0.15) is 12.3 Å². The van der Waals surface area contributed by atoms with Crippen molar-refractivity contribution in [3.8, 4) is 22.6 Å². The molecule has 28 heavy (non-hydrogen) atoms. The van der Waals surface area contributed by atoms with Gasteiger partial charge in [-0.2, -0.15) is 0 Å². The van der Waals surface area contributed by atoms with Crippen molar-refractivity contribution in [3.63, 3.8) is 0 Å². The molecule has 2 aromatic heterocycles. The Labute approximate surface area is 165 Å². The van der Waals surface area contributed by atoms with Crippen molar-refractivity contribution in [3.05, 3.63) is 71.4 Å². The van der Waals surface area contributed by atoms with Gasteiger partial charge in [-0.15, -0.1) is 11.3 Å². The number of phenols is 1. The van der Waals surface area contributed by atoms with Crippen LogP contribution in [0.3, 0.4) is 0 Å². The van der Waals surface area contributed by atoms with Crippen LogP contribution in [0.25, 0.3) is 21.2 Å². The van der Waals surface area contributed by atoms with Gasteiger partial charge in [0, 0.05) is 34.0 Å². The van der Waals surface area contributed by atoms with E-state index < -0.39 is 0 Å². The van der Waals surface area contributed by atoms with Crippen LogP contribution in [0, 0.1) is 0 Å². The van der Waals surface area contributed by atoms with Crippen LogP contribution in [0.15, 0.2) is 60.1 Å². The van der Waals surface area contributed by atoms with Crippen LogP contribution in [0.5, 0.6) is 11.5 Å². The summed E-state index contributed by atoms with van der Waals surface area (Å²) in [7, 11) is 0. The van der Waals surface area contributed by atoms with E-state index in [4.69, 9.17) is 4.74 Å². The van der Waals surface area contributed by atoms with E-state index in [1.165, 1.54) is 4.70 Å². The lowest BCUT2D eigenvalue weighted by Gasteiger charge is -2.19. The zero-order valence-electron chi connectivity index (χ0n) is 15.0. The summed E-state index contributed by atoms with van der Waals surface area (Å²) < 4.78 is 6.99. The highest BCUT2D eigenvalue weighted by Gasteiger charge is 2.24. The molecule has 0 atom stereocenters. The van der Waals surface area contributed by atoms with E-state index in [9.17, 15) is 9.90 Å². The number of aromatic hydroxyl groups is 1. The minimum atomic E-state index is -0.0766. The molecule has 0 unspecified atom stereocenters. The molecule has 1 aliphatic heterocycles. The average molecular weight is 390 g/mol. The molecule has 0 saturated heterocycles. The first-order valence-electron chi connectivity index (χ1n) is 9.08. The lowest BCUT2D eigenvalue weighted by atomic mass is 10.0. The number of hydrogen-bond acceptors (Lipinski definition) is 4. The van der Waals surface area contributed by atoms with E-state index in [1.807, 2.05) is 18.2 Å². The standard InChI is InChI=1S/C22H18N2O3S/c25-19-11-14(17-13-28-20-6-2-1-4-16(17)20)10-15-12-24(8-9-27-21(15)19)22(26)18-5-3-7-23-18/h1-7,10-11,13,23,25H,8-9,12H2. The van der Waals surface area contributed by atoms with Crippen LogP contribution in [-0.2, 0) is 6.54 Å². The molecule has 0 spiro atoms. The molecule has 4 aromatic rings. The van der Waals surface area contributed by atoms with Gasteiger partial charge < -0.3 is 19.7 Å². The summed E-state index contributed by atoms with van der Waals surface area (Å²) in [6.45, 7) is 1.19. The maximum Gasteiger partial charge on any atom is 0.270 e. The van der Waals surface area contributed by atoms with Crippen LogP contribution >= 0.6 is 11.3 Å². The number of nitrogens with one attached hydrogen (secondary N) is 1. The fourth-order valence-corrected chi connectivity index (χ4v) is 4.63. The summed E-state index contributed by atoms with van der Waals surface area (Å²) >= 11 is 1.68. The monoisotopic (exact) mass is 390 g/mol. The molecule has 0 radical (unpaired) electrons. The van der Waals surface area contributed by atoms with Gasteiger partial charge in [0.25, 0.3) is 5.91 Å². The van der Waals surface area contributed by atoms with Gasteiger partial charge in [0.2, 0.25) is 0 Å². The summed E-state index contributed by atoms with van der Waals surface area (Å²) in [5.74, 6) is 0.495. The SMILES string of the molecule is O=C(c1ccc[nH]1)N1CCOc2c(O)cc(-c3csc4ccccc34)cc2C1. The number of ether oxygens (including phenoxy) is 1. The maximum absolute atomic E-state index is 12.8. The molecule has 0 saturated carbocycles. The van der Waals surface area contributed by atoms with Crippen molar-refractivity contribution in [2.24, 2.45) is 0 Å². The Hall–Kier alpha value is -3.25. The molecule has 2 aromatic carbocycles. The lowest BCUT2D eigenvalue weighted by molar-refractivity contribution is 0.0728. The summed E-state index contributed by atoms with van der Waals surface area (Å²) in [6, 6.07) is 15.5. The highest BCUT2D eigenvalue weighted by molar-refractivity contribution is 7.17. The Morgan fingerprint density at radius 1 is 1.18 bits per heavy atom. The van der Waals surface area contributed by atoms with Crippen LogP contribution in [0.4, 0.5) is 0 Å². The molecule has 6 heteroatoms. The van der Waals surface area contributed by atoms with Crippen molar-refractivity contribution in [1.82, 2.24) is 9.88 Å². The van der Waals surface area contributed by atoms with Gasteiger partial charge in [-0.3, -0.25) is 4.79 Å². The van der Waals surface area contributed by atoms with Crippen molar-refractivity contribution in [2.75, 3.05) is 13.2 Å². The third kappa shape index (κ3) is 2.82. The second-order valence-corrected chi connectivity index (χ2v) is 7.70. The van der Waals surface area contributed by atoms with Crippen molar-refractivity contribution < 1.29 is 14.6 Å². The zero-order valence-corrected chi connectivity index (χ0v) is 15.8. The number of hydrogen-bond donors (Lipinski definition) is 2. The van der Waals surface area contributed by atoms with Gasteiger partial charge in [-0.25, -0.2) is 0 Å². The van der Waals surface area contributed by atoms with Crippen LogP contribution in [0.1, 0.15) is 16.1 Å². The predicted molar refractivity (Wildman–Crippen MR) is 110 cm³/mol. The second kappa shape index (κ2) is 6.73. The molecule has 1 aliphatic rings. The topological polar surface area (TPSA) is 65.6 Å². The number of thiophene rings is 1. The van der Waals surface area contributed by atoms with Gasteiger partial charge >= 0.3 is 0 Å². The molecular weight excluding hydrogens is 372 g/mol. The quantitative estimate of drug-likeness (QED) is 0.524.